The lowest BCUT2D eigenvalue weighted by Crippen LogP contribution is -2.27. The normalized spacial score (nSPS) is 15.7. The Morgan fingerprint density at radius 2 is 2.53 bits per heavy atom. The minimum Gasteiger partial charge on any atom is -0.271 e. The van der Waals surface area contributed by atoms with E-state index < -0.39 is 0 Å². The van der Waals surface area contributed by atoms with Gasteiger partial charge in [0.15, 0.2) is 0 Å². The summed E-state index contributed by atoms with van der Waals surface area (Å²) in [5.41, 5.74) is 0.618. The molecule has 0 saturated carbocycles. The van der Waals surface area contributed by atoms with Crippen molar-refractivity contribution in [3.8, 4) is 0 Å². The second-order valence-electron chi connectivity index (χ2n) is 3.15. The van der Waals surface area contributed by atoms with E-state index in [1.165, 1.54) is 16.8 Å². The molecular formula is C10H12N2O2S. The monoisotopic (exact) mass is 224 g/mol. The number of pyridine rings is 1. The van der Waals surface area contributed by atoms with Gasteiger partial charge >= 0.3 is 0 Å². The second-order valence-corrected chi connectivity index (χ2v) is 3.95. The summed E-state index contributed by atoms with van der Waals surface area (Å²) in [7, 11) is 0. The molecule has 0 radical (unpaired) electrons. The highest BCUT2D eigenvalue weighted by Crippen LogP contribution is 2.20. The summed E-state index contributed by atoms with van der Waals surface area (Å²) in [6, 6.07) is 3.55. The molecule has 1 aliphatic heterocycles. The van der Waals surface area contributed by atoms with Crippen LogP contribution in [0.4, 0.5) is 0 Å². The fourth-order valence-corrected chi connectivity index (χ4v) is 2.00. The van der Waals surface area contributed by atoms with Crippen molar-refractivity contribution in [1.29, 1.82) is 0 Å². The molecule has 1 aromatic heterocycles. The molecule has 0 aliphatic carbocycles. The lowest BCUT2D eigenvalue weighted by Gasteiger charge is -2.14. The molecule has 4 nitrogen and oxygen atoms in total. The molecule has 5 heteroatoms. The van der Waals surface area contributed by atoms with Crippen LogP contribution in [0.3, 0.4) is 0 Å². The smallest absolute Gasteiger partial charge is 0.271 e. The number of hydroxylamine groups is 2. The van der Waals surface area contributed by atoms with Crippen molar-refractivity contribution in [2.24, 2.45) is 0 Å². The van der Waals surface area contributed by atoms with Crippen molar-refractivity contribution < 1.29 is 9.63 Å². The zero-order chi connectivity index (χ0) is 10.7. The average Bonchev–Trinajstić information content (AvgIpc) is 2.81. The van der Waals surface area contributed by atoms with Crippen LogP contribution in [-0.2, 0) is 4.84 Å². The van der Waals surface area contributed by atoms with Gasteiger partial charge in [0.05, 0.1) is 18.7 Å². The fraction of sp³-hybridized carbons (Fsp3) is 0.400. The molecule has 0 aromatic carbocycles. The Bertz CT molecular complexity index is 364. The van der Waals surface area contributed by atoms with Crippen molar-refractivity contribution in [3.63, 3.8) is 0 Å². The summed E-state index contributed by atoms with van der Waals surface area (Å²) in [6.45, 7) is 1.29. The predicted octanol–water partition coefficient (Wildman–Crippen LogP) is 1.58. The predicted molar refractivity (Wildman–Crippen MR) is 57.6 cm³/mol. The Morgan fingerprint density at radius 3 is 3.20 bits per heavy atom. The molecule has 0 bridgehead atoms. The molecule has 0 N–H and O–H groups in total. The molecule has 15 heavy (non-hydrogen) atoms. The Hall–Kier alpha value is -1.07. The summed E-state index contributed by atoms with van der Waals surface area (Å²) >= 11 is 1.47. The highest BCUT2D eigenvalue weighted by atomic mass is 32.2. The minimum absolute atomic E-state index is 0.0926. The van der Waals surface area contributed by atoms with E-state index in [1.807, 2.05) is 6.26 Å². The molecule has 2 heterocycles. The molecule has 2 rings (SSSR count). The largest absolute Gasteiger partial charge is 0.280 e. The average molecular weight is 224 g/mol. The second kappa shape index (κ2) is 4.63. The van der Waals surface area contributed by atoms with Gasteiger partial charge in [-0.15, -0.1) is 11.8 Å². The molecule has 1 fully saturated rings. The first-order valence-corrected chi connectivity index (χ1v) is 5.99. The topological polar surface area (TPSA) is 42.4 Å². The highest BCUT2D eigenvalue weighted by molar-refractivity contribution is 7.98. The maximum Gasteiger partial charge on any atom is 0.280 e. The van der Waals surface area contributed by atoms with Crippen molar-refractivity contribution >= 4 is 17.7 Å². The molecule has 80 valence electrons. The zero-order valence-corrected chi connectivity index (χ0v) is 9.29. The Balaban J connectivity index is 2.24. The third-order valence-corrected chi connectivity index (χ3v) is 2.89. The van der Waals surface area contributed by atoms with E-state index in [4.69, 9.17) is 4.84 Å². The summed E-state index contributed by atoms with van der Waals surface area (Å²) in [4.78, 5) is 21.3. The summed E-state index contributed by atoms with van der Waals surface area (Å²) < 4.78 is 0. The van der Waals surface area contributed by atoms with E-state index in [0.29, 0.717) is 18.7 Å². The number of rotatable bonds is 2. The van der Waals surface area contributed by atoms with Gasteiger partial charge in [0.25, 0.3) is 5.91 Å². The first-order chi connectivity index (χ1) is 7.33. The van der Waals surface area contributed by atoms with Crippen molar-refractivity contribution in [2.75, 3.05) is 19.4 Å². The number of carbonyl (C=O) groups is 1. The fourth-order valence-electron chi connectivity index (χ4n) is 1.46. The third kappa shape index (κ3) is 2.13. The van der Waals surface area contributed by atoms with Gasteiger partial charge < -0.3 is 0 Å². The molecule has 0 unspecified atom stereocenters. The van der Waals surface area contributed by atoms with Crippen LogP contribution in [0.25, 0.3) is 0 Å². The summed E-state index contributed by atoms with van der Waals surface area (Å²) in [5, 5.41) is 2.16. The van der Waals surface area contributed by atoms with Gasteiger partial charge in [-0.1, -0.05) is 0 Å². The lowest BCUT2D eigenvalue weighted by atomic mass is 10.2. The van der Waals surface area contributed by atoms with Crippen LogP contribution in [0, 0.1) is 0 Å². The van der Waals surface area contributed by atoms with Gasteiger partial charge in [-0.2, -0.15) is 0 Å². The molecule has 0 spiro atoms. The van der Waals surface area contributed by atoms with Crippen LogP contribution in [0.5, 0.6) is 0 Å². The van der Waals surface area contributed by atoms with Gasteiger partial charge in [-0.05, 0) is 24.8 Å². The SMILES string of the molecule is CSc1ncccc1C(=O)N1CCCO1. The zero-order valence-electron chi connectivity index (χ0n) is 8.47. The van der Waals surface area contributed by atoms with E-state index in [0.717, 1.165) is 11.4 Å². The standard InChI is InChI=1S/C10H12N2O2S/c1-15-9-8(4-2-5-11-9)10(13)12-6-3-7-14-12/h2,4-5H,3,6-7H2,1H3. The number of aromatic nitrogens is 1. The molecular weight excluding hydrogens is 212 g/mol. The van der Waals surface area contributed by atoms with E-state index in [9.17, 15) is 4.79 Å². The van der Waals surface area contributed by atoms with E-state index in [2.05, 4.69) is 4.98 Å². The third-order valence-electron chi connectivity index (χ3n) is 2.17. The van der Waals surface area contributed by atoms with Crippen LogP contribution in [0.2, 0.25) is 0 Å². The van der Waals surface area contributed by atoms with Gasteiger partial charge in [0.1, 0.15) is 5.03 Å². The number of hydrogen-bond donors (Lipinski definition) is 0. The van der Waals surface area contributed by atoms with Crippen molar-refractivity contribution in [2.45, 2.75) is 11.4 Å². The molecule has 1 saturated heterocycles. The molecule has 0 atom stereocenters. The first-order valence-electron chi connectivity index (χ1n) is 4.76. The number of thioether (sulfide) groups is 1. The Labute approximate surface area is 92.6 Å². The first kappa shape index (κ1) is 10.4. The van der Waals surface area contributed by atoms with Crippen LogP contribution < -0.4 is 0 Å². The van der Waals surface area contributed by atoms with E-state index >= 15 is 0 Å². The van der Waals surface area contributed by atoms with Gasteiger partial charge in [-0.3, -0.25) is 9.63 Å². The maximum atomic E-state index is 12.0. The molecule has 1 aliphatic rings. The van der Waals surface area contributed by atoms with Gasteiger partial charge in [0, 0.05) is 6.20 Å². The van der Waals surface area contributed by atoms with E-state index in [1.54, 1.807) is 18.3 Å². The maximum absolute atomic E-state index is 12.0. The number of amides is 1. The molecule has 1 aromatic rings. The van der Waals surface area contributed by atoms with Crippen LogP contribution in [0.15, 0.2) is 23.4 Å². The highest BCUT2D eigenvalue weighted by Gasteiger charge is 2.23. The Kier molecular flexibility index (Phi) is 3.23. The van der Waals surface area contributed by atoms with Crippen LogP contribution in [-0.4, -0.2) is 35.4 Å². The van der Waals surface area contributed by atoms with Crippen LogP contribution in [0.1, 0.15) is 16.8 Å². The van der Waals surface area contributed by atoms with E-state index in [-0.39, 0.29) is 5.91 Å². The lowest BCUT2D eigenvalue weighted by molar-refractivity contribution is -0.0770. The van der Waals surface area contributed by atoms with Crippen LogP contribution >= 0.6 is 11.8 Å². The minimum atomic E-state index is -0.0926. The summed E-state index contributed by atoms with van der Waals surface area (Å²) in [6.07, 6.45) is 4.50. The Morgan fingerprint density at radius 1 is 1.67 bits per heavy atom. The van der Waals surface area contributed by atoms with Gasteiger partial charge in [-0.25, -0.2) is 10.0 Å². The summed E-state index contributed by atoms with van der Waals surface area (Å²) in [5.74, 6) is -0.0926. The number of hydrogen-bond acceptors (Lipinski definition) is 4. The number of nitrogens with zero attached hydrogens (tertiary/aromatic N) is 2. The van der Waals surface area contributed by atoms with Crippen molar-refractivity contribution in [1.82, 2.24) is 10.0 Å². The van der Waals surface area contributed by atoms with Crippen molar-refractivity contribution in [3.05, 3.63) is 23.9 Å². The van der Waals surface area contributed by atoms with Gasteiger partial charge in [0.2, 0.25) is 0 Å². The quantitative estimate of drug-likeness (QED) is 0.715. The molecule has 1 amide bonds. The number of carbonyl (C=O) groups excluding carboxylic acids is 1.